The highest BCUT2D eigenvalue weighted by Crippen LogP contribution is 2.19. The van der Waals surface area contributed by atoms with Crippen LogP contribution in [0.15, 0.2) is 18.2 Å². The lowest BCUT2D eigenvalue weighted by molar-refractivity contribution is -0.128. The first-order valence-electron chi connectivity index (χ1n) is 6.05. The molecule has 1 aliphatic heterocycles. The lowest BCUT2D eigenvalue weighted by atomic mass is 9.98. The van der Waals surface area contributed by atoms with Crippen LogP contribution in [-0.2, 0) is 4.79 Å². The second-order valence-corrected chi connectivity index (χ2v) is 4.43. The summed E-state index contributed by atoms with van der Waals surface area (Å²) in [6, 6.07) is 3.03. The molecule has 0 spiro atoms. The van der Waals surface area contributed by atoms with Gasteiger partial charge >= 0.3 is 0 Å². The van der Waals surface area contributed by atoms with Gasteiger partial charge in [-0.25, -0.2) is 8.78 Å². The fourth-order valence-corrected chi connectivity index (χ4v) is 1.94. The molecule has 0 radical (unpaired) electrons. The normalized spacial score (nSPS) is 15.0. The van der Waals surface area contributed by atoms with Crippen LogP contribution in [0, 0.1) is 17.6 Å². The lowest BCUT2D eigenvalue weighted by Crippen LogP contribution is -2.55. The van der Waals surface area contributed by atoms with Crippen LogP contribution in [0.2, 0.25) is 0 Å². The number of amides is 2. The molecule has 0 bridgehead atoms. The van der Waals surface area contributed by atoms with Crippen LogP contribution in [-0.4, -0.2) is 36.3 Å². The van der Waals surface area contributed by atoms with Crippen LogP contribution in [0.1, 0.15) is 17.3 Å². The Kier molecular flexibility index (Phi) is 3.78. The second-order valence-electron chi connectivity index (χ2n) is 4.43. The predicted octanol–water partition coefficient (Wildman–Crippen LogP) is 1.17. The third-order valence-electron chi connectivity index (χ3n) is 3.06. The van der Waals surface area contributed by atoms with Gasteiger partial charge in [-0.2, -0.15) is 0 Å². The maximum atomic E-state index is 13.0. The molecule has 1 heterocycles. The molecule has 1 aromatic carbocycles. The van der Waals surface area contributed by atoms with Crippen LogP contribution in [0.3, 0.4) is 0 Å². The van der Waals surface area contributed by atoms with Crippen molar-refractivity contribution in [2.45, 2.75) is 6.92 Å². The van der Waals surface area contributed by atoms with Gasteiger partial charge in [-0.3, -0.25) is 9.59 Å². The van der Waals surface area contributed by atoms with Gasteiger partial charge in [0.1, 0.15) is 0 Å². The van der Waals surface area contributed by atoms with E-state index in [4.69, 9.17) is 0 Å². The summed E-state index contributed by atoms with van der Waals surface area (Å²) in [5, 5.41) is 2.68. The number of likely N-dealkylation sites (tertiary alicyclic amines) is 1. The van der Waals surface area contributed by atoms with Crippen molar-refractivity contribution >= 4 is 11.8 Å². The molecule has 4 nitrogen and oxygen atoms in total. The number of halogens is 2. The van der Waals surface area contributed by atoms with Gasteiger partial charge in [0.05, 0.1) is 5.92 Å². The van der Waals surface area contributed by atoms with Gasteiger partial charge in [0.2, 0.25) is 5.91 Å². The first-order chi connectivity index (χ1) is 9.02. The summed E-state index contributed by atoms with van der Waals surface area (Å²) in [6.45, 7) is 2.99. The Balaban J connectivity index is 1.96. The molecule has 0 saturated carbocycles. The van der Waals surface area contributed by atoms with E-state index in [1.165, 1.54) is 11.0 Å². The summed E-state index contributed by atoms with van der Waals surface area (Å²) < 4.78 is 25.8. The Morgan fingerprint density at radius 1 is 1.32 bits per heavy atom. The number of hydrogen-bond donors (Lipinski definition) is 1. The molecular weight excluding hydrogens is 254 g/mol. The van der Waals surface area contributed by atoms with Crippen molar-refractivity contribution in [2.75, 3.05) is 19.6 Å². The zero-order valence-electron chi connectivity index (χ0n) is 10.5. The highest BCUT2D eigenvalue weighted by Gasteiger charge is 2.35. The van der Waals surface area contributed by atoms with Crippen molar-refractivity contribution < 1.29 is 18.4 Å². The van der Waals surface area contributed by atoms with E-state index >= 15 is 0 Å². The summed E-state index contributed by atoms with van der Waals surface area (Å²) in [5.41, 5.74) is 0.0910. The second kappa shape index (κ2) is 5.34. The molecule has 1 N–H and O–H groups in total. The Hall–Kier alpha value is -1.98. The van der Waals surface area contributed by atoms with Gasteiger partial charge in [-0.05, 0) is 25.1 Å². The van der Waals surface area contributed by atoms with E-state index in [1.807, 2.05) is 6.92 Å². The van der Waals surface area contributed by atoms with Crippen molar-refractivity contribution in [2.24, 2.45) is 5.92 Å². The first-order valence-corrected chi connectivity index (χ1v) is 6.05. The first kappa shape index (κ1) is 13.5. The fourth-order valence-electron chi connectivity index (χ4n) is 1.94. The van der Waals surface area contributed by atoms with E-state index in [-0.39, 0.29) is 23.3 Å². The highest BCUT2D eigenvalue weighted by atomic mass is 19.2. The van der Waals surface area contributed by atoms with Crippen LogP contribution in [0.25, 0.3) is 0 Å². The fraction of sp³-hybridized carbons (Fsp3) is 0.385. The van der Waals surface area contributed by atoms with Gasteiger partial charge in [0.25, 0.3) is 5.91 Å². The molecule has 1 aromatic rings. The topological polar surface area (TPSA) is 49.4 Å². The number of carbonyl (C=O) groups excluding carboxylic acids is 2. The predicted molar refractivity (Wildman–Crippen MR) is 64.4 cm³/mol. The average Bonchev–Trinajstić information content (AvgIpc) is 2.31. The van der Waals surface area contributed by atoms with Gasteiger partial charge < -0.3 is 10.2 Å². The Labute approximate surface area is 109 Å². The lowest BCUT2D eigenvalue weighted by Gasteiger charge is -2.38. The van der Waals surface area contributed by atoms with E-state index in [0.29, 0.717) is 19.6 Å². The molecule has 2 amide bonds. The quantitative estimate of drug-likeness (QED) is 0.894. The molecule has 0 aromatic heterocycles. The molecular formula is C13H14F2N2O2. The van der Waals surface area contributed by atoms with Crippen LogP contribution in [0.5, 0.6) is 0 Å². The van der Waals surface area contributed by atoms with E-state index in [1.54, 1.807) is 0 Å². The minimum atomic E-state index is -1.05. The number of carbonyl (C=O) groups is 2. The highest BCUT2D eigenvalue weighted by molar-refractivity contribution is 5.96. The molecule has 0 aliphatic carbocycles. The van der Waals surface area contributed by atoms with Crippen molar-refractivity contribution in [3.8, 4) is 0 Å². The third kappa shape index (κ3) is 2.72. The van der Waals surface area contributed by atoms with Crippen molar-refractivity contribution in [3.05, 3.63) is 35.4 Å². The SMILES string of the molecule is CCNC(=O)C1CN(C(=O)c2ccc(F)c(F)c2)C1. The average molecular weight is 268 g/mol. The van der Waals surface area contributed by atoms with Crippen LogP contribution >= 0.6 is 0 Å². The molecule has 102 valence electrons. The monoisotopic (exact) mass is 268 g/mol. The maximum absolute atomic E-state index is 13.0. The minimum absolute atomic E-state index is 0.0863. The number of nitrogens with one attached hydrogen (secondary N) is 1. The summed E-state index contributed by atoms with van der Waals surface area (Å²) in [5.74, 6) is -2.72. The molecule has 2 rings (SSSR count). The molecule has 19 heavy (non-hydrogen) atoms. The molecule has 1 aliphatic rings. The number of hydrogen-bond acceptors (Lipinski definition) is 2. The summed E-state index contributed by atoms with van der Waals surface area (Å²) in [6.07, 6.45) is 0. The maximum Gasteiger partial charge on any atom is 0.254 e. The summed E-state index contributed by atoms with van der Waals surface area (Å²) >= 11 is 0. The number of nitrogens with zero attached hydrogens (tertiary/aromatic N) is 1. The molecule has 0 unspecified atom stereocenters. The molecule has 1 saturated heterocycles. The van der Waals surface area contributed by atoms with E-state index < -0.39 is 11.6 Å². The van der Waals surface area contributed by atoms with E-state index in [2.05, 4.69) is 5.32 Å². The summed E-state index contributed by atoms with van der Waals surface area (Å²) in [7, 11) is 0. The van der Waals surface area contributed by atoms with Crippen LogP contribution in [0.4, 0.5) is 8.78 Å². The standard InChI is InChI=1S/C13H14F2N2O2/c1-2-16-12(18)9-6-17(7-9)13(19)8-3-4-10(14)11(15)5-8/h3-5,9H,2,6-7H2,1H3,(H,16,18). The largest absolute Gasteiger partial charge is 0.356 e. The van der Waals surface area contributed by atoms with E-state index in [9.17, 15) is 18.4 Å². The number of benzene rings is 1. The Morgan fingerprint density at radius 2 is 2.00 bits per heavy atom. The van der Waals surface area contributed by atoms with Crippen molar-refractivity contribution in [1.29, 1.82) is 0 Å². The van der Waals surface area contributed by atoms with E-state index in [0.717, 1.165) is 12.1 Å². The van der Waals surface area contributed by atoms with Gasteiger partial charge in [0, 0.05) is 25.2 Å². The zero-order valence-corrected chi connectivity index (χ0v) is 10.5. The van der Waals surface area contributed by atoms with Gasteiger partial charge in [-0.15, -0.1) is 0 Å². The smallest absolute Gasteiger partial charge is 0.254 e. The summed E-state index contributed by atoms with van der Waals surface area (Å²) in [4.78, 5) is 24.8. The third-order valence-corrected chi connectivity index (χ3v) is 3.06. The van der Waals surface area contributed by atoms with Crippen LogP contribution < -0.4 is 5.32 Å². The minimum Gasteiger partial charge on any atom is -0.356 e. The Bertz CT molecular complexity index is 513. The number of rotatable bonds is 3. The Morgan fingerprint density at radius 3 is 2.58 bits per heavy atom. The molecule has 0 atom stereocenters. The van der Waals surface area contributed by atoms with Gasteiger partial charge in [-0.1, -0.05) is 0 Å². The molecule has 6 heteroatoms. The van der Waals surface area contributed by atoms with Gasteiger partial charge in [0.15, 0.2) is 11.6 Å². The molecule has 1 fully saturated rings. The van der Waals surface area contributed by atoms with Crippen molar-refractivity contribution in [3.63, 3.8) is 0 Å². The zero-order chi connectivity index (χ0) is 14.0. The van der Waals surface area contributed by atoms with Crippen molar-refractivity contribution in [1.82, 2.24) is 10.2 Å².